The van der Waals surface area contributed by atoms with Crippen LogP contribution in [0.2, 0.25) is 0 Å². The molecule has 0 radical (unpaired) electrons. The standard InChI is InChI=1S/C17H16N2S2/c20-17(21-14-6-2-1-3-7-14)18-11-10-13-12-19-16-9-5-4-8-15(13)16/h1-9,12,19H,10-11H2,(H,18,20). The zero-order valence-corrected chi connectivity index (χ0v) is 13.1. The van der Waals surface area contributed by atoms with E-state index in [1.165, 1.54) is 21.4 Å². The van der Waals surface area contributed by atoms with Crippen LogP contribution in [-0.2, 0) is 6.42 Å². The van der Waals surface area contributed by atoms with Crippen LogP contribution in [0.15, 0.2) is 65.7 Å². The number of benzene rings is 2. The Kier molecular flexibility index (Phi) is 4.58. The molecule has 3 aromatic rings. The first kappa shape index (κ1) is 14.2. The van der Waals surface area contributed by atoms with E-state index >= 15 is 0 Å². The number of aromatic amines is 1. The van der Waals surface area contributed by atoms with Crippen molar-refractivity contribution in [2.75, 3.05) is 6.54 Å². The number of fused-ring (bicyclic) bond motifs is 1. The van der Waals surface area contributed by atoms with Gasteiger partial charge in [-0.1, -0.05) is 60.4 Å². The number of aromatic nitrogens is 1. The first-order valence-electron chi connectivity index (χ1n) is 6.88. The molecule has 0 aliphatic heterocycles. The molecule has 0 aliphatic rings. The molecule has 1 heterocycles. The molecule has 0 aliphatic carbocycles. The van der Waals surface area contributed by atoms with E-state index in [4.69, 9.17) is 12.2 Å². The molecule has 2 aromatic carbocycles. The third kappa shape index (κ3) is 3.65. The maximum atomic E-state index is 5.37. The Morgan fingerprint density at radius 2 is 1.81 bits per heavy atom. The van der Waals surface area contributed by atoms with Gasteiger partial charge in [0.25, 0.3) is 0 Å². The Labute approximate surface area is 134 Å². The largest absolute Gasteiger partial charge is 0.370 e. The molecule has 21 heavy (non-hydrogen) atoms. The van der Waals surface area contributed by atoms with E-state index in [-0.39, 0.29) is 0 Å². The second-order valence-corrected chi connectivity index (χ2v) is 6.49. The number of para-hydroxylation sites is 1. The summed E-state index contributed by atoms with van der Waals surface area (Å²) in [6.07, 6.45) is 3.04. The summed E-state index contributed by atoms with van der Waals surface area (Å²) in [5.74, 6) is 0. The molecule has 0 fully saturated rings. The SMILES string of the molecule is S=C(NCCc1c[nH]c2ccccc12)Sc1ccccc1. The van der Waals surface area contributed by atoms with E-state index in [1.807, 2.05) is 24.3 Å². The lowest BCUT2D eigenvalue weighted by Crippen LogP contribution is -2.20. The van der Waals surface area contributed by atoms with Crippen LogP contribution in [0.3, 0.4) is 0 Å². The van der Waals surface area contributed by atoms with Crippen molar-refractivity contribution in [1.29, 1.82) is 0 Å². The Bertz CT molecular complexity index is 735. The van der Waals surface area contributed by atoms with Gasteiger partial charge < -0.3 is 10.3 Å². The predicted octanol–water partition coefficient (Wildman–Crippen LogP) is 4.38. The fourth-order valence-electron chi connectivity index (χ4n) is 2.27. The molecule has 106 valence electrons. The summed E-state index contributed by atoms with van der Waals surface area (Å²) in [4.78, 5) is 4.47. The van der Waals surface area contributed by atoms with Gasteiger partial charge in [0.15, 0.2) is 0 Å². The fourth-order valence-corrected chi connectivity index (χ4v) is 3.34. The van der Waals surface area contributed by atoms with Crippen LogP contribution in [0.1, 0.15) is 5.56 Å². The van der Waals surface area contributed by atoms with Crippen molar-refractivity contribution >= 4 is 39.2 Å². The van der Waals surface area contributed by atoms with Crippen LogP contribution >= 0.6 is 24.0 Å². The second-order valence-electron chi connectivity index (χ2n) is 4.74. The van der Waals surface area contributed by atoms with Gasteiger partial charge in [0.2, 0.25) is 0 Å². The van der Waals surface area contributed by atoms with E-state index in [0.717, 1.165) is 17.3 Å². The van der Waals surface area contributed by atoms with Gasteiger partial charge in [-0.05, 0) is 30.2 Å². The van der Waals surface area contributed by atoms with E-state index in [2.05, 4.69) is 46.8 Å². The molecule has 2 N–H and O–H groups in total. The highest BCUT2D eigenvalue weighted by atomic mass is 32.2. The lowest BCUT2D eigenvalue weighted by Gasteiger charge is -2.07. The van der Waals surface area contributed by atoms with E-state index < -0.39 is 0 Å². The van der Waals surface area contributed by atoms with Crippen molar-refractivity contribution in [2.24, 2.45) is 0 Å². The molecule has 4 heteroatoms. The zero-order chi connectivity index (χ0) is 14.5. The van der Waals surface area contributed by atoms with Gasteiger partial charge in [-0.3, -0.25) is 0 Å². The summed E-state index contributed by atoms with van der Waals surface area (Å²) in [5.41, 5.74) is 2.51. The second kappa shape index (κ2) is 6.78. The summed E-state index contributed by atoms with van der Waals surface area (Å²) >= 11 is 6.97. The van der Waals surface area contributed by atoms with Crippen molar-refractivity contribution in [2.45, 2.75) is 11.3 Å². The lowest BCUT2D eigenvalue weighted by atomic mass is 10.1. The van der Waals surface area contributed by atoms with Crippen molar-refractivity contribution in [1.82, 2.24) is 10.3 Å². The van der Waals surface area contributed by atoms with Crippen LogP contribution in [-0.4, -0.2) is 15.8 Å². The molecular weight excluding hydrogens is 296 g/mol. The molecule has 3 rings (SSSR count). The predicted molar refractivity (Wildman–Crippen MR) is 94.9 cm³/mol. The average Bonchev–Trinajstić information content (AvgIpc) is 2.92. The highest BCUT2D eigenvalue weighted by Gasteiger charge is 2.03. The monoisotopic (exact) mass is 312 g/mol. The van der Waals surface area contributed by atoms with Gasteiger partial charge in [-0.25, -0.2) is 0 Å². The number of nitrogens with one attached hydrogen (secondary N) is 2. The van der Waals surface area contributed by atoms with E-state index in [0.29, 0.717) is 0 Å². The van der Waals surface area contributed by atoms with Crippen LogP contribution in [0.25, 0.3) is 10.9 Å². The maximum Gasteiger partial charge on any atom is 0.138 e. The highest BCUT2D eigenvalue weighted by Crippen LogP contribution is 2.19. The van der Waals surface area contributed by atoms with Crippen LogP contribution in [0, 0.1) is 0 Å². The lowest BCUT2D eigenvalue weighted by molar-refractivity contribution is 0.887. The number of rotatable bonds is 4. The smallest absolute Gasteiger partial charge is 0.138 e. The number of H-pyrrole nitrogens is 1. The van der Waals surface area contributed by atoms with Crippen molar-refractivity contribution in [3.63, 3.8) is 0 Å². The molecule has 0 saturated heterocycles. The van der Waals surface area contributed by atoms with E-state index in [9.17, 15) is 0 Å². The van der Waals surface area contributed by atoms with Crippen LogP contribution < -0.4 is 5.32 Å². The van der Waals surface area contributed by atoms with Gasteiger partial charge >= 0.3 is 0 Å². The summed E-state index contributed by atoms with van der Waals surface area (Å²) in [5, 5.41) is 4.61. The third-order valence-electron chi connectivity index (χ3n) is 3.29. The Morgan fingerprint density at radius 3 is 2.67 bits per heavy atom. The number of thioether (sulfide) groups is 1. The zero-order valence-electron chi connectivity index (χ0n) is 11.5. The number of thiocarbonyl (C=S) groups is 1. The maximum absolute atomic E-state index is 5.37. The van der Waals surface area contributed by atoms with Gasteiger partial charge in [-0.2, -0.15) is 0 Å². The summed E-state index contributed by atoms with van der Waals surface area (Å²) in [7, 11) is 0. The summed E-state index contributed by atoms with van der Waals surface area (Å²) in [6, 6.07) is 18.6. The third-order valence-corrected chi connectivity index (χ3v) is 4.52. The summed E-state index contributed by atoms with van der Waals surface area (Å²) in [6.45, 7) is 0.848. The van der Waals surface area contributed by atoms with Gasteiger partial charge in [0.1, 0.15) is 4.32 Å². The van der Waals surface area contributed by atoms with Crippen molar-refractivity contribution < 1.29 is 0 Å². The molecule has 2 nitrogen and oxygen atoms in total. The molecule has 0 atom stereocenters. The fraction of sp³-hybridized carbons (Fsp3) is 0.118. The molecule has 0 saturated carbocycles. The quantitative estimate of drug-likeness (QED) is 0.553. The molecule has 0 unspecified atom stereocenters. The van der Waals surface area contributed by atoms with Crippen LogP contribution in [0.5, 0.6) is 0 Å². The minimum Gasteiger partial charge on any atom is -0.370 e. The van der Waals surface area contributed by atoms with Gasteiger partial charge in [-0.15, -0.1) is 0 Å². The summed E-state index contributed by atoms with van der Waals surface area (Å²) < 4.78 is 0.820. The minimum absolute atomic E-state index is 0.820. The molecule has 0 amide bonds. The number of hydrogen-bond donors (Lipinski definition) is 2. The number of hydrogen-bond acceptors (Lipinski definition) is 2. The topological polar surface area (TPSA) is 27.8 Å². The van der Waals surface area contributed by atoms with Crippen molar-refractivity contribution in [3.05, 3.63) is 66.4 Å². The first-order chi connectivity index (χ1) is 10.3. The molecule has 0 bridgehead atoms. The highest BCUT2D eigenvalue weighted by molar-refractivity contribution is 8.23. The van der Waals surface area contributed by atoms with Crippen LogP contribution in [0.4, 0.5) is 0 Å². The van der Waals surface area contributed by atoms with Gasteiger partial charge in [0.05, 0.1) is 0 Å². The van der Waals surface area contributed by atoms with Gasteiger partial charge in [0, 0.05) is 28.5 Å². The normalized spacial score (nSPS) is 10.7. The molecule has 1 aromatic heterocycles. The van der Waals surface area contributed by atoms with Crippen molar-refractivity contribution in [3.8, 4) is 0 Å². The molecular formula is C17H16N2S2. The van der Waals surface area contributed by atoms with E-state index in [1.54, 1.807) is 11.8 Å². The first-order valence-corrected chi connectivity index (χ1v) is 8.11. The minimum atomic E-state index is 0.820. The Morgan fingerprint density at radius 1 is 1.05 bits per heavy atom. The molecule has 0 spiro atoms. The Balaban J connectivity index is 1.53. The Hall–Kier alpha value is -1.78. The average molecular weight is 312 g/mol.